The Kier molecular flexibility index (Phi) is 7.45. The number of thioether (sulfide) groups is 1. The normalized spacial score (nSPS) is 12.1. The lowest BCUT2D eigenvalue weighted by atomic mass is 10.2. The van der Waals surface area contributed by atoms with E-state index in [4.69, 9.17) is 0 Å². The van der Waals surface area contributed by atoms with Crippen LogP contribution in [0.15, 0.2) is 29.2 Å². The molecule has 1 nitrogen and oxygen atoms in total. The van der Waals surface area contributed by atoms with Gasteiger partial charge in [-0.05, 0) is 42.3 Å². The zero-order valence-electron chi connectivity index (χ0n) is 12.0. The molecule has 0 bridgehead atoms. The molecule has 0 aliphatic carbocycles. The lowest BCUT2D eigenvalue weighted by Gasteiger charge is -2.09. The van der Waals surface area contributed by atoms with Gasteiger partial charge >= 0.3 is 6.18 Å². The average Bonchev–Trinajstić information content (AvgIpc) is 2.34. The first kappa shape index (κ1) is 17.4. The van der Waals surface area contributed by atoms with Gasteiger partial charge in [0.25, 0.3) is 0 Å². The fourth-order valence-electron chi connectivity index (χ4n) is 1.71. The standard InChI is InChI=1S/C15H22F3NS/c1-12(2)10-19-11-13-5-3-6-14(9-13)20-8-4-7-15(16,17)18/h3,5-6,9,12,19H,4,7-8,10-11H2,1-2H3. The first-order valence-corrected chi connectivity index (χ1v) is 7.84. The van der Waals surface area contributed by atoms with E-state index < -0.39 is 12.6 Å². The van der Waals surface area contributed by atoms with Crippen LogP contribution in [0.2, 0.25) is 0 Å². The molecule has 0 aromatic heterocycles. The van der Waals surface area contributed by atoms with Gasteiger partial charge in [0.2, 0.25) is 0 Å². The van der Waals surface area contributed by atoms with E-state index in [1.165, 1.54) is 17.3 Å². The first-order chi connectivity index (χ1) is 9.37. The summed E-state index contributed by atoms with van der Waals surface area (Å²) in [5.41, 5.74) is 1.17. The van der Waals surface area contributed by atoms with Gasteiger partial charge in [0.15, 0.2) is 0 Å². The molecule has 1 aromatic carbocycles. The molecule has 0 aliphatic rings. The van der Waals surface area contributed by atoms with E-state index in [-0.39, 0.29) is 6.42 Å². The Morgan fingerprint density at radius 2 is 2.00 bits per heavy atom. The number of alkyl halides is 3. The highest BCUT2D eigenvalue weighted by molar-refractivity contribution is 7.99. The zero-order valence-corrected chi connectivity index (χ0v) is 12.8. The lowest BCUT2D eigenvalue weighted by Crippen LogP contribution is -2.18. The number of hydrogen-bond acceptors (Lipinski definition) is 2. The Morgan fingerprint density at radius 3 is 2.65 bits per heavy atom. The third kappa shape index (κ3) is 8.48. The highest BCUT2D eigenvalue weighted by atomic mass is 32.2. The quantitative estimate of drug-likeness (QED) is 0.543. The topological polar surface area (TPSA) is 12.0 Å². The van der Waals surface area contributed by atoms with Crippen molar-refractivity contribution >= 4 is 11.8 Å². The highest BCUT2D eigenvalue weighted by Crippen LogP contribution is 2.25. The van der Waals surface area contributed by atoms with Gasteiger partial charge in [-0.1, -0.05) is 26.0 Å². The molecule has 0 aliphatic heterocycles. The maximum atomic E-state index is 12.0. The van der Waals surface area contributed by atoms with E-state index in [0.717, 1.165) is 18.0 Å². The van der Waals surface area contributed by atoms with E-state index >= 15 is 0 Å². The second-order valence-electron chi connectivity index (χ2n) is 5.24. The van der Waals surface area contributed by atoms with Crippen molar-refractivity contribution in [3.8, 4) is 0 Å². The van der Waals surface area contributed by atoms with E-state index in [0.29, 0.717) is 11.7 Å². The van der Waals surface area contributed by atoms with E-state index in [9.17, 15) is 13.2 Å². The number of halogens is 3. The molecular weight excluding hydrogens is 283 g/mol. The Bertz CT molecular complexity index is 391. The molecule has 0 fully saturated rings. The predicted molar refractivity (Wildman–Crippen MR) is 79.0 cm³/mol. The summed E-state index contributed by atoms with van der Waals surface area (Å²) in [5.74, 6) is 1.11. The molecule has 0 amide bonds. The molecule has 0 spiro atoms. The number of rotatable bonds is 8. The van der Waals surface area contributed by atoms with Crippen LogP contribution in [0.25, 0.3) is 0 Å². The van der Waals surface area contributed by atoms with Crippen molar-refractivity contribution < 1.29 is 13.2 Å². The fourth-order valence-corrected chi connectivity index (χ4v) is 2.65. The molecule has 114 valence electrons. The minimum atomic E-state index is -4.04. The first-order valence-electron chi connectivity index (χ1n) is 6.86. The minimum absolute atomic E-state index is 0.171. The summed E-state index contributed by atoms with van der Waals surface area (Å²) in [6.07, 6.45) is -4.57. The maximum absolute atomic E-state index is 12.0. The molecule has 0 saturated heterocycles. The second kappa shape index (κ2) is 8.57. The molecule has 20 heavy (non-hydrogen) atoms. The molecule has 0 heterocycles. The monoisotopic (exact) mass is 305 g/mol. The maximum Gasteiger partial charge on any atom is 0.389 e. The lowest BCUT2D eigenvalue weighted by molar-refractivity contribution is -0.134. The van der Waals surface area contributed by atoms with Crippen LogP contribution in [0.5, 0.6) is 0 Å². The molecule has 1 rings (SSSR count). The summed E-state index contributed by atoms with van der Waals surface area (Å²) in [5, 5.41) is 3.36. The van der Waals surface area contributed by atoms with Crippen molar-refractivity contribution in [3.63, 3.8) is 0 Å². The van der Waals surface area contributed by atoms with Gasteiger partial charge in [-0.15, -0.1) is 11.8 Å². The molecule has 1 N–H and O–H groups in total. The van der Waals surface area contributed by atoms with Crippen molar-refractivity contribution in [3.05, 3.63) is 29.8 Å². The largest absolute Gasteiger partial charge is 0.389 e. The molecule has 0 radical (unpaired) electrons. The summed E-state index contributed by atoms with van der Waals surface area (Å²) in [6.45, 7) is 6.07. The summed E-state index contributed by atoms with van der Waals surface area (Å²) in [6, 6.07) is 7.99. The van der Waals surface area contributed by atoms with Crippen LogP contribution in [0, 0.1) is 5.92 Å². The molecule has 0 unspecified atom stereocenters. The minimum Gasteiger partial charge on any atom is -0.312 e. The second-order valence-corrected chi connectivity index (χ2v) is 6.41. The number of nitrogens with one attached hydrogen (secondary N) is 1. The van der Waals surface area contributed by atoms with Crippen LogP contribution < -0.4 is 5.32 Å². The van der Waals surface area contributed by atoms with E-state index in [2.05, 4.69) is 19.2 Å². The van der Waals surface area contributed by atoms with Crippen molar-refractivity contribution in [2.45, 2.75) is 44.3 Å². The SMILES string of the molecule is CC(C)CNCc1cccc(SCCCC(F)(F)F)c1. The van der Waals surface area contributed by atoms with Crippen LogP contribution in [0.3, 0.4) is 0 Å². The van der Waals surface area contributed by atoms with E-state index in [1.54, 1.807) is 0 Å². The Morgan fingerprint density at radius 1 is 1.25 bits per heavy atom. The molecule has 0 saturated carbocycles. The summed E-state index contributed by atoms with van der Waals surface area (Å²) >= 11 is 1.49. The van der Waals surface area contributed by atoms with Gasteiger partial charge in [0, 0.05) is 17.9 Å². The van der Waals surface area contributed by atoms with E-state index in [1.807, 2.05) is 24.3 Å². The van der Waals surface area contributed by atoms with Crippen molar-refractivity contribution in [1.29, 1.82) is 0 Å². The average molecular weight is 305 g/mol. The summed E-state index contributed by atoms with van der Waals surface area (Å²) in [4.78, 5) is 1.04. The van der Waals surface area contributed by atoms with Crippen LogP contribution in [-0.2, 0) is 6.54 Å². The summed E-state index contributed by atoms with van der Waals surface area (Å²) < 4.78 is 36.1. The van der Waals surface area contributed by atoms with Gasteiger partial charge in [-0.25, -0.2) is 0 Å². The Balaban J connectivity index is 2.32. The number of hydrogen-bond donors (Lipinski definition) is 1. The Labute approximate surface area is 123 Å². The van der Waals surface area contributed by atoms with Gasteiger partial charge < -0.3 is 5.32 Å². The highest BCUT2D eigenvalue weighted by Gasteiger charge is 2.25. The predicted octanol–water partition coefficient (Wildman–Crippen LogP) is 4.87. The van der Waals surface area contributed by atoms with Crippen molar-refractivity contribution in [2.24, 2.45) is 5.92 Å². The van der Waals surface area contributed by atoms with Crippen LogP contribution >= 0.6 is 11.8 Å². The molecule has 1 aromatic rings. The summed E-state index contributed by atoms with van der Waals surface area (Å²) in [7, 11) is 0. The van der Waals surface area contributed by atoms with Gasteiger partial charge in [0.05, 0.1) is 0 Å². The van der Waals surface area contributed by atoms with Crippen molar-refractivity contribution in [2.75, 3.05) is 12.3 Å². The zero-order chi connectivity index (χ0) is 15.0. The van der Waals surface area contributed by atoms with Crippen LogP contribution in [0.4, 0.5) is 13.2 Å². The number of benzene rings is 1. The van der Waals surface area contributed by atoms with Gasteiger partial charge in [0.1, 0.15) is 0 Å². The smallest absolute Gasteiger partial charge is 0.312 e. The third-order valence-electron chi connectivity index (χ3n) is 2.65. The Hall–Kier alpha value is -0.680. The van der Waals surface area contributed by atoms with Crippen LogP contribution in [-0.4, -0.2) is 18.5 Å². The molecular formula is C15H22F3NS. The van der Waals surface area contributed by atoms with Gasteiger partial charge in [-0.3, -0.25) is 0 Å². The molecule has 0 atom stereocenters. The van der Waals surface area contributed by atoms with Gasteiger partial charge in [-0.2, -0.15) is 13.2 Å². The molecule has 5 heteroatoms. The van der Waals surface area contributed by atoms with Crippen LogP contribution in [0.1, 0.15) is 32.3 Å². The fraction of sp³-hybridized carbons (Fsp3) is 0.600. The van der Waals surface area contributed by atoms with Crippen molar-refractivity contribution in [1.82, 2.24) is 5.32 Å². The third-order valence-corrected chi connectivity index (χ3v) is 3.73.